The van der Waals surface area contributed by atoms with Crippen LogP contribution in [0.5, 0.6) is 0 Å². The maximum atomic E-state index is 13.4. The molecular formula is C20H14F3NOS. The van der Waals surface area contributed by atoms with Crippen molar-refractivity contribution in [3.05, 3.63) is 76.0 Å². The number of halogens is 3. The Morgan fingerprint density at radius 2 is 1.69 bits per heavy atom. The van der Waals surface area contributed by atoms with Crippen molar-refractivity contribution < 1.29 is 18.0 Å². The number of rotatable bonds is 2. The van der Waals surface area contributed by atoms with Gasteiger partial charge in [-0.3, -0.25) is 4.79 Å². The van der Waals surface area contributed by atoms with Crippen LogP contribution < -0.4 is 5.32 Å². The van der Waals surface area contributed by atoms with E-state index in [-0.39, 0.29) is 17.9 Å². The minimum atomic E-state index is -4.45. The van der Waals surface area contributed by atoms with Gasteiger partial charge in [-0.05, 0) is 17.2 Å². The van der Waals surface area contributed by atoms with Crippen LogP contribution in [-0.4, -0.2) is 5.91 Å². The molecule has 1 aliphatic heterocycles. The zero-order chi connectivity index (χ0) is 18.3. The number of hydrogen-bond acceptors (Lipinski definition) is 2. The lowest BCUT2D eigenvalue weighted by atomic mass is 9.86. The minimum Gasteiger partial charge on any atom is -0.325 e. The van der Waals surface area contributed by atoms with Gasteiger partial charge in [-0.15, -0.1) is 11.3 Å². The molecule has 0 bridgehead atoms. The monoisotopic (exact) mass is 373 g/mol. The summed E-state index contributed by atoms with van der Waals surface area (Å²) in [6, 6.07) is 15.0. The predicted octanol–water partition coefficient (Wildman–Crippen LogP) is 5.91. The fourth-order valence-corrected chi connectivity index (χ4v) is 4.52. The maximum Gasteiger partial charge on any atom is 0.416 e. The highest BCUT2D eigenvalue weighted by Gasteiger charge is 2.38. The molecule has 0 aliphatic carbocycles. The summed E-state index contributed by atoms with van der Waals surface area (Å²) in [5.41, 5.74) is 1.86. The average Bonchev–Trinajstić information content (AvgIpc) is 3.05. The molecule has 1 aliphatic rings. The van der Waals surface area contributed by atoms with Gasteiger partial charge in [-0.1, -0.05) is 48.5 Å². The average molecular weight is 373 g/mol. The van der Waals surface area contributed by atoms with Crippen LogP contribution in [0.2, 0.25) is 0 Å². The van der Waals surface area contributed by atoms with Gasteiger partial charge in [0.25, 0.3) is 0 Å². The molecule has 0 unspecified atom stereocenters. The molecule has 2 aromatic carbocycles. The molecule has 4 rings (SSSR count). The van der Waals surface area contributed by atoms with Crippen LogP contribution in [-0.2, 0) is 11.0 Å². The standard InChI is InChI=1S/C20H14F3NOS/c21-20(22,23)16-9-5-4-8-13(16)14-10-17(25)24-18-15(11-26-19(14)18)12-6-2-1-3-7-12/h1-9,11,14H,10H2,(H,24,25)/t14-/m0/s1. The highest BCUT2D eigenvalue weighted by molar-refractivity contribution is 7.11. The molecule has 1 N–H and O–H groups in total. The summed E-state index contributed by atoms with van der Waals surface area (Å²) >= 11 is 1.39. The number of fused-ring (bicyclic) bond motifs is 1. The normalized spacial score (nSPS) is 16.9. The zero-order valence-electron chi connectivity index (χ0n) is 13.5. The van der Waals surface area contributed by atoms with E-state index in [0.29, 0.717) is 5.69 Å². The first-order chi connectivity index (χ1) is 12.4. The van der Waals surface area contributed by atoms with Gasteiger partial charge in [0.15, 0.2) is 0 Å². The van der Waals surface area contributed by atoms with E-state index in [2.05, 4.69) is 5.32 Å². The van der Waals surface area contributed by atoms with Gasteiger partial charge in [0.2, 0.25) is 5.91 Å². The first kappa shape index (κ1) is 16.8. The van der Waals surface area contributed by atoms with Gasteiger partial charge in [0.05, 0.1) is 11.3 Å². The van der Waals surface area contributed by atoms with Crippen molar-refractivity contribution in [2.45, 2.75) is 18.5 Å². The molecule has 6 heteroatoms. The second kappa shape index (κ2) is 6.29. The Morgan fingerprint density at radius 1 is 1.00 bits per heavy atom. The van der Waals surface area contributed by atoms with Gasteiger partial charge >= 0.3 is 6.18 Å². The van der Waals surface area contributed by atoms with E-state index in [1.807, 2.05) is 35.7 Å². The molecule has 0 saturated heterocycles. The third kappa shape index (κ3) is 2.90. The SMILES string of the molecule is O=C1C[C@@H](c2ccccc2C(F)(F)F)c2scc(-c3ccccc3)c2N1. The molecule has 0 fully saturated rings. The number of carbonyl (C=O) groups excluding carboxylic acids is 1. The molecule has 2 nitrogen and oxygen atoms in total. The smallest absolute Gasteiger partial charge is 0.325 e. The number of carbonyl (C=O) groups is 1. The highest BCUT2D eigenvalue weighted by Crippen LogP contribution is 2.48. The molecule has 132 valence electrons. The second-order valence-electron chi connectivity index (χ2n) is 6.14. The molecule has 1 aromatic heterocycles. The van der Waals surface area contributed by atoms with Crippen molar-refractivity contribution in [1.29, 1.82) is 0 Å². The van der Waals surface area contributed by atoms with Gasteiger partial charge in [-0.25, -0.2) is 0 Å². The number of hydrogen-bond donors (Lipinski definition) is 1. The fraction of sp³-hybridized carbons (Fsp3) is 0.150. The van der Waals surface area contributed by atoms with Crippen molar-refractivity contribution in [2.24, 2.45) is 0 Å². The first-order valence-electron chi connectivity index (χ1n) is 8.08. The summed E-state index contributed by atoms with van der Waals surface area (Å²) in [5, 5.41) is 4.75. The summed E-state index contributed by atoms with van der Waals surface area (Å²) in [7, 11) is 0. The molecule has 3 aromatic rings. The van der Waals surface area contributed by atoms with E-state index in [1.165, 1.54) is 23.5 Å². The largest absolute Gasteiger partial charge is 0.416 e. The molecule has 0 radical (unpaired) electrons. The summed E-state index contributed by atoms with van der Waals surface area (Å²) in [6.07, 6.45) is -4.45. The summed E-state index contributed by atoms with van der Waals surface area (Å²) in [4.78, 5) is 13.0. The lowest BCUT2D eigenvalue weighted by Gasteiger charge is -2.26. The first-order valence-corrected chi connectivity index (χ1v) is 8.96. The molecule has 0 spiro atoms. The number of nitrogens with one attached hydrogen (secondary N) is 1. The lowest BCUT2D eigenvalue weighted by Crippen LogP contribution is -2.24. The van der Waals surface area contributed by atoms with Gasteiger partial charge in [0.1, 0.15) is 0 Å². The summed E-state index contributed by atoms with van der Waals surface area (Å²) in [6.45, 7) is 0. The number of benzene rings is 2. The van der Waals surface area contributed by atoms with Crippen LogP contribution >= 0.6 is 11.3 Å². The van der Waals surface area contributed by atoms with Crippen LogP contribution in [0.4, 0.5) is 18.9 Å². The Bertz CT molecular complexity index is 963. The third-order valence-corrected chi connectivity index (χ3v) is 5.61. The predicted molar refractivity (Wildman–Crippen MR) is 96.3 cm³/mol. The second-order valence-corrected chi connectivity index (χ2v) is 7.06. The Hall–Kier alpha value is -2.60. The van der Waals surface area contributed by atoms with Crippen molar-refractivity contribution in [2.75, 3.05) is 5.32 Å². The van der Waals surface area contributed by atoms with Crippen LogP contribution in [0.25, 0.3) is 11.1 Å². The fourth-order valence-electron chi connectivity index (χ4n) is 3.37. The summed E-state index contributed by atoms with van der Waals surface area (Å²) < 4.78 is 40.3. The van der Waals surface area contributed by atoms with Crippen molar-refractivity contribution in [3.8, 4) is 11.1 Å². The van der Waals surface area contributed by atoms with Crippen LogP contribution in [0.1, 0.15) is 28.3 Å². The number of anilines is 1. The number of thiophene rings is 1. The van der Waals surface area contributed by atoms with E-state index in [4.69, 9.17) is 0 Å². The van der Waals surface area contributed by atoms with E-state index < -0.39 is 17.7 Å². The van der Waals surface area contributed by atoms with Crippen LogP contribution in [0.15, 0.2) is 60.0 Å². The van der Waals surface area contributed by atoms with Crippen molar-refractivity contribution in [1.82, 2.24) is 0 Å². The van der Waals surface area contributed by atoms with E-state index >= 15 is 0 Å². The Labute approximate surface area is 152 Å². The van der Waals surface area contributed by atoms with Gasteiger partial charge in [0, 0.05) is 28.2 Å². The Morgan fingerprint density at radius 3 is 2.42 bits per heavy atom. The molecule has 26 heavy (non-hydrogen) atoms. The van der Waals surface area contributed by atoms with E-state index in [1.54, 1.807) is 6.07 Å². The third-order valence-electron chi connectivity index (χ3n) is 4.52. The van der Waals surface area contributed by atoms with Crippen LogP contribution in [0.3, 0.4) is 0 Å². The quantitative estimate of drug-likeness (QED) is 0.595. The zero-order valence-corrected chi connectivity index (χ0v) is 14.3. The molecule has 2 heterocycles. The highest BCUT2D eigenvalue weighted by atomic mass is 32.1. The molecular weight excluding hydrogens is 359 g/mol. The molecule has 0 saturated carbocycles. The van der Waals surface area contributed by atoms with Crippen molar-refractivity contribution in [3.63, 3.8) is 0 Å². The topological polar surface area (TPSA) is 29.1 Å². The van der Waals surface area contributed by atoms with E-state index in [0.717, 1.165) is 22.1 Å². The van der Waals surface area contributed by atoms with Gasteiger partial charge < -0.3 is 5.32 Å². The molecule has 1 amide bonds. The Kier molecular flexibility index (Phi) is 4.07. The molecule has 1 atom stereocenters. The summed E-state index contributed by atoms with van der Waals surface area (Å²) in [5.74, 6) is -0.867. The van der Waals surface area contributed by atoms with Crippen LogP contribution in [0, 0.1) is 0 Å². The maximum absolute atomic E-state index is 13.4. The van der Waals surface area contributed by atoms with Crippen molar-refractivity contribution >= 4 is 22.9 Å². The van der Waals surface area contributed by atoms with Gasteiger partial charge in [-0.2, -0.15) is 13.2 Å². The Balaban J connectivity index is 1.86. The number of amides is 1. The number of alkyl halides is 3. The lowest BCUT2D eigenvalue weighted by molar-refractivity contribution is -0.138. The van der Waals surface area contributed by atoms with E-state index in [9.17, 15) is 18.0 Å². The minimum absolute atomic E-state index is 0.00877.